The maximum absolute atomic E-state index is 12.6. The number of hydrogen-bond acceptors (Lipinski definition) is 3. The lowest BCUT2D eigenvalue weighted by atomic mass is 9.90. The lowest BCUT2D eigenvalue weighted by molar-refractivity contribution is 0.102. The molecule has 0 unspecified atom stereocenters. The third kappa shape index (κ3) is 4.71. The molecule has 1 saturated carbocycles. The van der Waals surface area contributed by atoms with Crippen molar-refractivity contribution in [3.8, 4) is 5.75 Å². The highest BCUT2D eigenvalue weighted by molar-refractivity contribution is 14.1. The zero-order chi connectivity index (χ0) is 17.6. The largest absolute Gasteiger partial charge is 0.489 e. The van der Waals surface area contributed by atoms with Crippen LogP contribution in [0, 0.1) is 16.4 Å². The van der Waals surface area contributed by atoms with Crippen LogP contribution in [0.2, 0.25) is 0 Å². The number of nitrogens with one attached hydrogen (secondary N) is 1. The van der Waals surface area contributed by atoms with Gasteiger partial charge in [0.25, 0.3) is 5.91 Å². The van der Waals surface area contributed by atoms with Crippen LogP contribution >= 0.6 is 22.6 Å². The maximum atomic E-state index is 12.6. The van der Waals surface area contributed by atoms with Crippen molar-refractivity contribution in [3.63, 3.8) is 0 Å². The number of benzene rings is 1. The number of halogens is 1. The summed E-state index contributed by atoms with van der Waals surface area (Å²) in [6, 6.07) is 9.42. The van der Waals surface area contributed by atoms with Gasteiger partial charge in [-0.05, 0) is 72.0 Å². The zero-order valence-electron chi connectivity index (χ0n) is 14.4. The molecule has 0 bridgehead atoms. The quantitative estimate of drug-likeness (QED) is 0.637. The van der Waals surface area contributed by atoms with Gasteiger partial charge < -0.3 is 10.1 Å². The first-order chi connectivity index (χ1) is 12.1. The monoisotopic (exact) mass is 450 g/mol. The fourth-order valence-electron chi connectivity index (χ4n) is 3.16. The second kappa shape index (κ2) is 8.65. The number of rotatable bonds is 5. The van der Waals surface area contributed by atoms with Crippen LogP contribution < -0.4 is 10.1 Å². The molecule has 4 nitrogen and oxygen atoms in total. The van der Waals surface area contributed by atoms with E-state index in [4.69, 9.17) is 4.74 Å². The second-order valence-corrected chi connectivity index (χ2v) is 7.63. The molecular formula is C20H23IN2O2. The van der Waals surface area contributed by atoms with Gasteiger partial charge in [0.2, 0.25) is 0 Å². The average molecular weight is 450 g/mol. The third-order valence-electron chi connectivity index (χ3n) is 4.64. The van der Waals surface area contributed by atoms with Crippen LogP contribution in [0.5, 0.6) is 5.75 Å². The Balaban J connectivity index is 1.69. The topological polar surface area (TPSA) is 51.2 Å². The fourth-order valence-corrected chi connectivity index (χ4v) is 3.76. The summed E-state index contributed by atoms with van der Waals surface area (Å²) in [6.45, 7) is 2.69. The molecule has 1 aliphatic rings. The first-order valence-corrected chi connectivity index (χ1v) is 9.87. The lowest BCUT2D eigenvalue weighted by Crippen LogP contribution is -2.18. The van der Waals surface area contributed by atoms with Crippen LogP contribution in [0.25, 0.3) is 0 Å². The Labute approximate surface area is 162 Å². The summed E-state index contributed by atoms with van der Waals surface area (Å²) >= 11 is 2.20. The van der Waals surface area contributed by atoms with E-state index in [0.717, 1.165) is 9.13 Å². The van der Waals surface area contributed by atoms with E-state index >= 15 is 0 Å². The molecular weight excluding hydrogens is 427 g/mol. The molecule has 0 aliphatic heterocycles. The van der Waals surface area contributed by atoms with Crippen LogP contribution in [0.15, 0.2) is 36.5 Å². The lowest BCUT2D eigenvalue weighted by Gasteiger charge is -2.22. The highest BCUT2D eigenvalue weighted by Gasteiger charge is 2.17. The van der Waals surface area contributed by atoms with Crippen molar-refractivity contribution in [1.29, 1.82) is 0 Å². The van der Waals surface area contributed by atoms with Gasteiger partial charge in [0.05, 0.1) is 12.2 Å². The van der Waals surface area contributed by atoms with E-state index in [-0.39, 0.29) is 5.91 Å². The highest BCUT2D eigenvalue weighted by atomic mass is 127. The van der Waals surface area contributed by atoms with Gasteiger partial charge in [0.1, 0.15) is 0 Å². The summed E-state index contributed by atoms with van der Waals surface area (Å²) in [5, 5.41) is 2.90. The number of carbonyl (C=O) groups excluding carboxylic acids is 1. The number of anilines is 1. The molecule has 1 amide bonds. The Bertz CT molecular complexity index is 742. The average Bonchev–Trinajstić information content (AvgIpc) is 2.64. The number of aromatic nitrogens is 1. The summed E-state index contributed by atoms with van der Waals surface area (Å²) in [7, 11) is 0. The first-order valence-electron chi connectivity index (χ1n) is 8.79. The number of aryl methyl sites for hydroxylation is 1. The second-order valence-electron chi connectivity index (χ2n) is 6.56. The molecule has 0 spiro atoms. The van der Waals surface area contributed by atoms with Gasteiger partial charge >= 0.3 is 0 Å². The normalized spacial score (nSPS) is 15.0. The van der Waals surface area contributed by atoms with E-state index in [1.54, 1.807) is 6.20 Å². The van der Waals surface area contributed by atoms with E-state index in [0.29, 0.717) is 29.7 Å². The molecule has 0 atom stereocenters. The molecule has 1 aromatic carbocycles. The van der Waals surface area contributed by atoms with Gasteiger partial charge in [0.15, 0.2) is 11.6 Å². The standard InChI is InChI=1S/C20H23IN2O2/c1-14-7-5-10-16(18(14)21)20(24)23-19-17(11-6-12-22-19)25-13-15-8-3-2-4-9-15/h5-7,10-12,15H,2-4,8-9,13H2,1H3,(H,22,23,24). The molecule has 1 fully saturated rings. The number of hydrogen-bond donors (Lipinski definition) is 1. The Morgan fingerprint density at radius 2 is 2.04 bits per heavy atom. The van der Waals surface area contributed by atoms with Crippen molar-refractivity contribution in [3.05, 3.63) is 51.2 Å². The molecule has 1 heterocycles. The SMILES string of the molecule is Cc1cccc(C(=O)Nc2ncccc2OCC2CCCCC2)c1I. The molecule has 1 aliphatic carbocycles. The van der Waals surface area contributed by atoms with Gasteiger partial charge in [-0.15, -0.1) is 0 Å². The van der Waals surface area contributed by atoms with Crippen molar-refractivity contribution < 1.29 is 9.53 Å². The molecule has 132 valence electrons. The molecule has 1 aromatic heterocycles. The Morgan fingerprint density at radius 1 is 1.24 bits per heavy atom. The minimum atomic E-state index is -0.158. The van der Waals surface area contributed by atoms with Crippen molar-refractivity contribution in [2.24, 2.45) is 5.92 Å². The van der Waals surface area contributed by atoms with E-state index in [1.807, 2.05) is 37.3 Å². The predicted octanol–water partition coefficient (Wildman–Crippen LogP) is 5.21. The molecule has 1 N–H and O–H groups in total. The minimum absolute atomic E-state index is 0.158. The number of pyridine rings is 1. The Hall–Kier alpha value is -1.63. The third-order valence-corrected chi connectivity index (χ3v) is 6.07. The van der Waals surface area contributed by atoms with Crippen LogP contribution in [0.4, 0.5) is 5.82 Å². The van der Waals surface area contributed by atoms with E-state index in [1.165, 1.54) is 32.1 Å². The van der Waals surface area contributed by atoms with Crippen molar-refractivity contribution in [1.82, 2.24) is 4.98 Å². The van der Waals surface area contributed by atoms with Crippen LogP contribution in [0.1, 0.15) is 48.0 Å². The van der Waals surface area contributed by atoms with Gasteiger partial charge in [-0.2, -0.15) is 0 Å². The number of ether oxygens (including phenoxy) is 1. The Kier molecular flexibility index (Phi) is 6.29. The van der Waals surface area contributed by atoms with Crippen LogP contribution in [0.3, 0.4) is 0 Å². The molecule has 3 rings (SSSR count). The molecule has 5 heteroatoms. The zero-order valence-corrected chi connectivity index (χ0v) is 16.6. The van der Waals surface area contributed by atoms with E-state index in [9.17, 15) is 4.79 Å². The molecule has 0 radical (unpaired) electrons. The molecule has 25 heavy (non-hydrogen) atoms. The summed E-state index contributed by atoms with van der Waals surface area (Å²) in [4.78, 5) is 16.9. The van der Waals surface area contributed by atoms with Crippen molar-refractivity contribution in [2.45, 2.75) is 39.0 Å². The summed E-state index contributed by atoms with van der Waals surface area (Å²) < 4.78 is 6.94. The fraction of sp³-hybridized carbons (Fsp3) is 0.400. The minimum Gasteiger partial charge on any atom is -0.489 e. The van der Waals surface area contributed by atoms with Gasteiger partial charge in [-0.1, -0.05) is 31.4 Å². The number of nitrogens with zero attached hydrogens (tertiary/aromatic N) is 1. The number of carbonyl (C=O) groups is 1. The van der Waals surface area contributed by atoms with E-state index < -0.39 is 0 Å². The summed E-state index contributed by atoms with van der Waals surface area (Å²) in [5.74, 6) is 1.58. The van der Waals surface area contributed by atoms with Gasteiger partial charge in [-0.3, -0.25) is 4.79 Å². The number of amides is 1. The molecule has 0 saturated heterocycles. The Morgan fingerprint density at radius 3 is 2.84 bits per heavy atom. The predicted molar refractivity (Wildman–Crippen MR) is 108 cm³/mol. The van der Waals surface area contributed by atoms with E-state index in [2.05, 4.69) is 32.9 Å². The van der Waals surface area contributed by atoms with Gasteiger partial charge in [-0.25, -0.2) is 4.98 Å². The van der Waals surface area contributed by atoms with Crippen molar-refractivity contribution in [2.75, 3.05) is 11.9 Å². The van der Waals surface area contributed by atoms with Gasteiger partial charge in [0, 0.05) is 9.77 Å². The van der Waals surface area contributed by atoms with Crippen LogP contribution in [-0.2, 0) is 0 Å². The van der Waals surface area contributed by atoms with Crippen LogP contribution in [-0.4, -0.2) is 17.5 Å². The smallest absolute Gasteiger partial charge is 0.258 e. The summed E-state index contributed by atoms with van der Waals surface area (Å²) in [6.07, 6.45) is 8.03. The summed E-state index contributed by atoms with van der Waals surface area (Å²) in [5.41, 5.74) is 1.74. The maximum Gasteiger partial charge on any atom is 0.258 e. The molecule has 2 aromatic rings. The first kappa shape index (κ1) is 18.2. The van der Waals surface area contributed by atoms with Crippen molar-refractivity contribution >= 4 is 34.3 Å². The highest BCUT2D eigenvalue weighted by Crippen LogP contribution is 2.27.